The van der Waals surface area contributed by atoms with Crippen LogP contribution in [0.5, 0.6) is 0 Å². The molecule has 0 heterocycles. The van der Waals surface area contributed by atoms with E-state index in [4.69, 9.17) is 4.74 Å². The molecule has 2 N–H and O–H groups in total. The van der Waals surface area contributed by atoms with Crippen LogP contribution in [0.15, 0.2) is 30.3 Å². The summed E-state index contributed by atoms with van der Waals surface area (Å²) >= 11 is 0. The number of aliphatic hydroxyl groups is 1. The Bertz CT molecular complexity index is 435. The van der Waals surface area contributed by atoms with E-state index in [2.05, 4.69) is 5.32 Å². The summed E-state index contributed by atoms with van der Waals surface area (Å²) < 4.78 is 5.24. The molecule has 0 aromatic heterocycles. The van der Waals surface area contributed by atoms with Crippen molar-refractivity contribution >= 4 is 6.09 Å². The van der Waals surface area contributed by atoms with Gasteiger partial charge in [0.05, 0.1) is 12.6 Å². The highest BCUT2D eigenvalue weighted by Gasteiger charge is 2.33. The first-order chi connectivity index (χ1) is 9.16. The van der Waals surface area contributed by atoms with Gasteiger partial charge in [-0.3, -0.25) is 0 Å². The van der Waals surface area contributed by atoms with E-state index in [9.17, 15) is 9.90 Å². The van der Waals surface area contributed by atoms with Gasteiger partial charge in [0.15, 0.2) is 0 Å². The van der Waals surface area contributed by atoms with Crippen LogP contribution >= 0.6 is 0 Å². The number of rotatable bonds is 4. The molecule has 0 aliphatic carbocycles. The molecular weight excluding hydrogens is 254 g/mol. The van der Waals surface area contributed by atoms with E-state index in [1.165, 1.54) is 0 Å². The van der Waals surface area contributed by atoms with E-state index in [0.717, 1.165) is 5.56 Å². The number of amides is 1. The summed E-state index contributed by atoms with van der Waals surface area (Å²) in [6.45, 7) is 9.25. The highest BCUT2D eigenvalue weighted by atomic mass is 16.6. The zero-order valence-electron chi connectivity index (χ0n) is 12.9. The topological polar surface area (TPSA) is 58.6 Å². The van der Waals surface area contributed by atoms with Crippen LogP contribution in [0, 0.1) is 0 Å². The maximum Gasteiger partial charge on any atom is 0.407 e. The number of hydrogen-bond donors (Lipinski definition) is 2. The van der Waals surface area contributed by atoms with Gasteiger partial charge in [-0.2, -0.15) is 0 Å². The maximum absolute atomic E-state index is 11.9. The summed E-state index contributed by atoms with van der Waals surface area (Å²) in [5.74, 6) is 0. The third-order valence-corrected chi connectivity index (χ3v) is 3.26. The van der Waals surface area contributed by atoms with Crippen molar-refractivity contribution < 1.29 is 14.6 Å². The number of aliphatic hydroxyl groups excluding tert-OH is 1. The van der Waals surface area contributed by atoms with Gasteiger partial charge in [0.2, 0.25) is 0 Å². The van der Waals surface area contributed by atoms with Gasteiger partial charge in [0.1, 0.15) is 5.60 Å². The summed E-state index contributed by atoms with van der Waals surface area (Å²) in [5, 5.41) is 12.4. The number of nitrogens with one attached hydrogen (secondary N) is 1. The molecule has 0 unspecified atom stereocenters. The smallest absolute Gasteiger partial charge is 0.407 e. The average Bonchev–Trinajstić information content (AvgIpc) is 2.34. The molecule has 1 aromatic rings. The molecule has 20 heavy (non-hydrogen) atoms. The molecule has 0 radical (unpaired) electrons. The Morgan fingerprint density at radius 3 is 2.20 bits per heavy atom. The highest BCUT2D eigenvalue weighted by Crippen LogP contribution is 2.27. The van der Waals surface area contributed by atoms with Gasteiger partial charge in [0, 0.05) is 5.41 Å². The molecule has 4 heteroatoms. The van der Waals surface area contributed by atoms with Gasteiger partial charge in [0.25, 0.3) is 0 Å². The quantitative estimate of drug-likeness (QED) is 0.891. The van der Waals surface area contributed by atoms with E-state index >= 15 is 0 Å². The molecule has 0 aliphatic rings. The first-order valence-electron chi connectivity index (χ1n) is 6.82. The summed E-state index contributed by atoms with van der Waals surface area (Å²) in [7, 11) is 0. The summed E-state index contributed by atoms with van der Waals surface area (Å²) in [6.07, 6.45) is -0.513. The highest BCUT2D eigenvalue weighted by molar-refractivity contribution is 5.68. The molecule has 0 spiro atoms. The van der Waals surface area contributed by atoms with Crippen molar-refractivity contribution in [3.63, 3.8) is 0 Å². The first-order valence-corrected chi connectivity index (χ1v) is 6.82. The number of alkyl carbamates (subject to hydrolysis) is 1. The lowest BCUT2D eigenvalue weighted by Crippen LogP contribution is -2.51. The van der Waals surface area contributed by atoms with Crippen molar-refractivity contribution in [2.75, 3.05) is 6.61 Å². The summed E-state index contributed by atoms with van der Waals surface area (Å²) in [6, 6.07) is 9.38. The Morgan fingerprint density at radius 1 is 1.20 bits per heavy atom. The number of hydrogen-bond acceptors (Lipinski definition) is 3. The lowest BCUT2D eigenvalue weighted by molar-refractivity contribution is 0.0448. The second kappa shape index (κ2) is 6.27. The van der Waals surface area contributed by atoms with Crippen LogP contribution in [0.4, 0.5) is 4.79 Å². The minimum Gasteiger partial charge on any atom is -0.444 e. The Hall–Kier alpha value is -1.55. The normalized spacial score (nSPS) is 13.7. The third kappa shape index (κ3) is 4.53. The fourth-order valence-electron chi connectivity index (χ4n) is 1.97. The van der Waals surface area contributed by atoms with Crippen LogP contribution in [0.2, 0.25) is 0 Å². The van der Waals surface area contributed by atoms with Crippen LogP contribution in [-0.4, -0.2) is 29.4 Å². The lowest BCUT2D eigenvalue weighted by Gasteiger charge is -2.34. The Morgan fingerprint density at radius 2 is 1.75 bits per heavy atom. The SMILES string of the molecule is CC(C)(C)OC(=O)N[C@@H](CO)C(C)(C)c1ccccc1. The zero-order chi connectivity index (χ0) is 15.4. The molecule has 0 bridgehead atoms. The predicted octanol–water partition coefficient (Wildman–Crippen LogP) is 2.85. The van der Waals surface area contributed by atoms with Gasteiger partial charge in [-0.1, -0.05) is 44.2 Å². The Labute approximate surface area is 121 Å². The van der Waals surface area contributed by atoms with Crippen LogP contribution in [0.25, 0.3) is 0 Å². The molecule has 0 fully saturated rings. The summed E-state index contributed by atoms with van der Waals surface area (Å²) in [5.41, 5.74) is 0.101. The Kier molecular flexibility index (Phi) is 5.17. The van der Waals surface area contributed by atoms with Gasteiger partial charge in [-0.25, -0.2) is 4.79 Å². The summed E-state index contributed by atoms with van der Waals surface area (Å²) in [4.78, 5) is 11.9. The second-order valence-corrected chi connectivity index (χ2v) is 6.47. The van der Waals surface area contributed by atoms with Crippen molar-refractivity contribution in [1.29, 1.82) is 0 Å². The van der Waals surface area contributed by atoms with Crippen LogP contribution in [-0.2, 0) is 10.2 Å². The van der Waals surface area contributed by atoms with E-state index in [0.29, 0.717) is 0 Å². The molecule has 1 amide bonds. The van der Waals surface area contributed by atoms with Crippen molar-refractivity contribution in [2.45, 2.75) is 51.7 Å². The number of carbonyl (C=O) groups excluding carboxylic acids is 1. The maximum atomic E-state index is 11.9. The number of carbonyl (C=O) groups is 1. The molecule has 0 saturated heterocycles. The molecule has 1 rings (SSSR count). The van der Waals surface area contributed by atoms with Gasteiger partial charge < -0.3 is 15.2 Å². The fourth-order valence-corrected chi connectivity index (χ4v) is 1.97. The minimum absolute atomic E-state index is 0.152. The molecule has 1 atom stereocenters. The minimum atomic E-state index is -0.555. The lowest BCUT2D eigenvalue weighted by atomic mass is 9.78. The van der Waals surface area contributed by atoms with Gasteiger partial charge in [-0.05, 0) is 26.3 Å². The predicted molar refractivity (Wildman–Crippen MR) is 79.7 cm³/mol. The fraction of sp³-hybridized carbons (Fsp3) is 0.562. The van der Waals surface area contributed by atoms with Crippen molar-refractivity contribution in [2.24, 2.45) is 0 Å². The van der Waals surface area contributed by atoms with Crippen LogP contribution in [0.3, 0.4) is 0 Å². The van der Waals surface area contributed by atoms with Crippen molar-refractivity contribution in [3.8, 4) is 0 Å². The van der Waals surface area contributed by atoms with E-state index in [1.807, 2.05) is 65.0 Å². The van der Waals surface area contributed by atoms with Crippen molar-refractivity contribution in [3.05, 3.63) is 35.9 Å². The van der Waals surface area contributed by atoms with E-state index < -0.39 is 23.2 Å². The largest absolute Gasteiger partial charge is 0.444 e. The zero-order valence-corrected chi connectivity index (χ0v) is 12.9. The Balaban J connectivity index is 2.83. The number of ether oxygens (including phenoxy) is 1. The molecule has 112 valence electrons. The van der Waals surface area contributed by atoms with Gasteiger partial charge in [-0.15, -0.1) is 0 Å². The van der Waals surface area contributed by atoms with Gasteiger partial charge >= 0.3 is 6.09 Å². The van der Waals surface area contributed by atoms with Crippen LogP contribution < -0.4 is 5.32 Å². The second-order valence-electron chi connectivity index (χ2n) is 6.47. The van der Waals surface area contributed by atoms with Crippen LogP contribution in [0.1, 0.15) is 40.2 Å². The number of benzene rings is 1. The third-order valence-electron chi connectivity index (χ3n) is 3.26. The standard InChI is InChI=1S/C16H25NO3/c1-15(2,3)20-14(19)17-13(11-18)16(4,5)12-9-7-6-8-10-12/h6-10,13,18H,11H2,1-5H3,(H,17,19)/t13-/m0/s1. The molecular formula is C16H25NO3. The average molecular weight is 279 g/mol. The molecule has 4 nitrogen and oxygen atoms in total. The molecule has 0 saturated carbocycles. The first kappa shape index (κ1) is 16.5. The monoisotopic (exact) mass is 279 g/mol. The van der Waals surface area contributed by atoms with E-state index in [-0.39, 0.29) is 6.61 Å². The van der Waals surface area contributed by atoms with Crippen molar-refractivity contribution in [1.82, 2.24) is 5.32 Å². The molecule has 0 aliphatic heterocycles. The van der Waals surface area contributed by atoms with E-state index in [1.54, 1.807) is 0 Å². The molecule has 1 aromatic carbocycles.